The molecule has 2 aromatic rings. The van der Waals surface area contributed by atoms with Crippen LogP contribution in [0, 0.1) is 10.1 Å². The zero-order valence-electron chi connectivity index (χ0n) is 15.2. The summed E-state index contributed by atoms with van der Waals surface area (Å²) in [5, 5.41) is 16.2. The van der Waals surface area contributed by atoms with Crippen LogP contribution in [0.3, 0.4) is 0 Å². The molecule has 2 rings (SSSR count). The number of halogens is 3. The predicted molar refractivity (Wildman–Crippen MR) is 106 cm³/mol. The van der Waals surface area contributed by atoms with E-state index in [1.807, 2.05) is 0 Å². The quantitative estimate of drug-likeness (QED) is 0.367. The van der Waals surface area contributed by atoms with E-state index in [-0.39, 0.29) is 16.5 Å². The Bertz CT molecular complexity index is 1010. The van der Waals surface area contributed by atoms with Crippen LogP contribution in [0.1, 0.15) is 6.92 Å². The third kappa shape index (κ3) is 7.15. The average molecular weight is 461 g/mol. The van der Waals surface area contributed by atoms with E-state index in [2.05, 4.69) is 10.6 Å². The summed E-state index contributed by atoms with van der Waals surface area (Å²) in [6.45, 7) is 1.31. The maximum Gasteiger partial charge on any atom is 0.446 e. The van der Waals surface area contributed by atoms with E-state index in [1.165, 1.54) is 19.1 Å². The first-order chi connectivity index (χ1) is 13.9. The lowest BCUT2D eigenvalue weighted by molar-refractivity contribution is -0.388. The summed E-state index contributed by atoms with van der Waals surface area (Å²) in [6, 6.07) is 8.66. The standard InChI is InChI=1S/C17H14F3N3O5S2/c1-10(24)21-11-3-2-4-12(7-11)22-16(25)9-30(28)15-6-5-13(29-17(18,19)20)8-14(15)23(26)27/h2-8H,9H2,1H3,(H,21,24)(H,22,25). The summed E-state index contributed by atoms with van der Waals surface area (Å²) in [7, 11) is -2.18. The van der Waals surface area contributed by atoms with Crippen LogP contribution in [0.25, 0.3) is 0 Å². The Morgan fingerprint density at radius 1 is 1.13 bits per heavy atom. The lowest BCUT2D eigenvalue weighted by atomic mass is 10.2. The van der Waals surface area contributed by atoms with E-state index < -0.39 is 55.2 Å². The first-order valence-electron chi connectivity index (χ1n) is 8.04. The predicted octanol–water partition coefficient (Wildman–Crippen LogP) is 3.91. The number of hydrogen-bond donors (Lipinski definition) is 2. The fourth-order valence-electron chi connectivity index (χ4n) is 2.30. The van der Waals surface area contributed by atoms with Crippen molar-refractivity contribution >= 4 is 51.4 Å². The molecular formula is C17H14F3N3O5S2. The lowest BCUT2D eigenvalue weighted by Crippen LogP contribution is -2.20. The Hall–Kier alpha value is -2.93. The van der Waals surface area contributed by atoms with E-state index in [0.717, 1.165) is 12.1 Å². The number of nitro benzene ring substituents is 1. The first-order valence-corrected chi connectivity index (χ1v) is 10.2. The van der Waals surface area contributed by atoms with Gasteiger partial charge in [0.2, 0.25) is 11.8 Å². The summed E-state index contributed by atoms with van der Waals surface area (Å²) in [6.07, 6.45) is 0. The van der Waals surface area contributed by atoms with Crippen LogP contribution in [0.2, 0.25) is 0 Å². The largest absolute Gasteiger partial charge is 0.446 e. The zero-order chi connectivity index (χ0) is 22.5. The second kappa shape index (κ2) is 9.71. The van der Waals surface area contributed by atoms with Gasteiger partial charge in [0.15, 0.2) is 0 Å². The molecular weight excluding hydrogens is 447 g/mol. The number of nitrogens with one attached hydrogen (secondary N) is 2. The molecule has 0 heterocycles. The molecule has 0 aliphatic rings. The van der Waals surface area contributed by atoms with Gasteiger partial charge in [-0.15, -0.1) is 0 Å². The van der Waals surface area contributed by atoms with Crippen molar-refractivity contribution in [3.05, 3.63) is 52.6 Å². The summed E-state index contributed by atoms with van der Waals surface area (Å²) in [5.41, 5.74) is -4.72. The Morgan fingerprint density at radius 2 is 1.77 bits per heavy atom. The van der Waals surface area contributed by atoms with Gasteiger partial charge in [0, 0.05) is 29.3 Å². The topological polar surface area (TPSA) is 118 Å². The highest BCUT2D eigenvalue weighted by Crippen LogP contribution is 2.39. The molecule has 0 aromatic heterocycles. The molecule has 0 spiro atoms. The van der Waals surface area contributed by atoms with Gasteiger partial charge >= 0.3 is 5.51 Å². The van der Waals surface area contributed by atoms with Crippen LogP contribution in [0.15, 0.2) is 52.3 Å². The molecule has 0 fully saturated rings. The monoisotopic (exact) mass is 461 g/mol. The van der Waals surface area contributed by atoms with E-state index >= 15 is 0 Å². The second-order valence-corrected chi connectivity index (χ2v) is 8.29. The molecule has 8 nitrogen and oxygen atoms in total. The summed E-state index contributed by atoms with van der Waals surface area (Å²) < 4.78 is 49.8. The molecule has 2 N–H and O–H groups in total. The maximum atomic E-state index is 12.5. The molecule has 13 heteroatoms. The van der Waals surface area contributed by atoms with Crippen molar-refractivity contribution < 1.29 is 31.9 Å². The van der Waals surface area contributed by atoms with Gasteiger partial charge in [-0.2, -0.15) is 13.2 Å². The molecule has 0 saturated carbocycles. The summed E-state index contributed by atoms with van der Waals surface area (Å²) in [5.74, 6) is -1.72. The molecule has 0 radical (unpaired) electrons. The highest BCUT2D eigenvalue weighted by molar-refractivity contribution is 8.00. The fraction of sp³-hybridized carbons (Fsp3) is 0.176. The SMILES string of the molecule is CC(=O)Nc1cccc(NC(=O)CS(=O)c2ccc(SC(F)(F)F)cc2[N+](=O)[O-])c1. The van der Waals surface area contributed by atoms with Gasteiger partial charge in [-0.1, -0.05) is 6.07 Å². The first kappa shape index (κ1) is 23.3. The Kier molecular flexibility index (Phi) is 7.56. The summed E-state index contributed by atoms with van der Waals surface area (Å²) in [4.78, 5) is 32.7. The van der Waals surface area contributed by atoms with Crippen LogP contribution in [-0.4, -0.2) is 32.2 Å². The van der Waals surface area contributed by atoms with Crippen molar-refractivity contribution in [1.29, 1.82) is 0 Å². The molecule has 0 aliphatic heterocycles. The van der Waals surface area contributed by atoms with Crippen LogP contribution in [0.5, 0.6) is 0 Å². The molecule has 0 saturated heterocycles. The minimum absolute atomic E-state index is 0.287. The normalized spacial score (nSPS) is 12.1. The number of amides is 2. The lowest BCUT2D eigenvalue weighted by Gasteiger charge is -2.09. The van der Waals surface area contributed by atoms with Gasteiger partial charge in [-0.25, -0.2) is 0 Å². The smallest absolute Gasteiger partial charge is 0.326 e. The van der Waals surface area contributed by atoms with E-state index in [4.69, 9.17) is 0 Å². The number of thioether (sulfide) groups is 1. The average Bonchev–Trinajstić information content (AvgIpc) is 2.59. The van der Waals surface area contributed by atoms with Gasteiger partial charge < -0.3 is 10.6 Å². The van der Waals surface area contributed by atoms with E-state index in [9.17, 15) is 37.1 Å². The Balaban J connectivity index is 2.14. The van der Waals surface area contributed by atoms with Crippen molar-refractivity contribution in [3.63, 3.8) is 0 Å². The molecule has 1 atom stereocenters. The van der Waals surface area contributed by atoms with Crippen LogP contribution in [0.4, 0.5) is 30.2 Å². The highest BCUT2D eigenvalue weighted by atomic mass is 32.2. The van der Waals surface area contributed by atoms with Crippen molar-refractivity contribution in [1.82, 2.24) is 0 Å². The van der Waals surface area contributed by atoms with E-state index in [0.29, 0.717) is 11.8 Å². The van der Waals surface area contributed by atoms with Crippen molar-refractivity contribution in [2.24, 2.45) is 0 Å². The molecule has 30 heavy (non-hydrogen) atoms. The Morgan fingerprint density at radius 3 is 2.33 bits per heavy atom. The molecule has 0 aliphatic carbocycles. The van der Waals surface area contributed by atoms with Crippen LogP contribution >= 0.6 is 11.8 Å². The number of nitrogens with zero attached hydrogens (tertiary/aromatic N) is 1. The highest BCUT2D eigenvalue weighted by Gasteiger charge is 2.31. The number of benzene rings is 2. The molecule has 2 aromatic carbocycles. The molecule has 0 bridgehead atoms. The fourth-order valence-corrected chi connectivity index (χ4v) is 3.93. The van der Waals surface area contributed by atoms with Gasteiger partial charge in [0.25, 0.3) is 5.69 Å². The number of nitro groups is 1. The number of carbonyl (C=O) groups is 2. The Labute approximate surface area is 174 Å². The van der Waals surface area contributed by atoms with Gasteiger partial charge in [-0.05, 0) is 42.1 Å². The number of rotatable bonds is 7. The van der Waals surface area contributed by atoms with Gasteiger partial charge in [0.1, 0.15) is 10.6 Å². The van der Waals surface area contributed by atoms with E-state index in [1.54, 1.807) is 12.1 Å². The van der Waals surface area contributed by atoms with Crippen molar-refractivity contribution in [3.8, 4) is 0 Å². The number of alkyl halides is 3. The maximum absolute atomic E-state index is 12.5. The molecule has 160 valence electrons. The number of carbonyl (C=O) groups excluding carboxylic acids is 2. The number of anilines is 2. The third-order valence-corrected chi connectivity index (χ3v) is 5.42. The van der Waals surface area contributed by atoms with Crippen molar-refractivity contribution in [2.45, 2.75) is 22.2 Å². The van der Waals surface area contributed by atoms with Crippen molar-refractivity contribution in [2.75, 3.05) is 16.4 Å². The molecule has 1 unspecified atom stereocenters. The van der Waals surface area contributed by atoms with Crippen LogP contribution < -0.4 is 10.6 Å². The van der Waals surface area contributed by atoms with Gasteiger partial charge in [-0.3, -0.25) is 23.9 Å². The summed E-state index contributed by atoms with van der Waals surface area (Å²) >= 11 is -0.539. The molecule has 2 amide bonds. The zero-order valence-corrected chi connectivity index (χ0v) is 16.8. The second-order valence-electron chi connectivity index (χ2n) is 5.73. The van der Waals surface area contributed by atoms with Crippen LogP contribution in [-0.2, 0) is 20.4 Å². The minimum atomic E-state index is -4.64. The minimum Gasteiger partial charge on any atom is -0.326 e. The third-order valence-electron chi connectivity index (χ3n) is 3.33. The number of hydrogen-bond acceptors (Lipinski definition) is 6. The van der Waals surface area contributed by atoms with Gasteiger partial charge in [0.05, 0.1) is 15.7 Å².